The maximum absolute atomic E-state index is 12.3. The number of nitrogens with zero attached hydrogens (tertiary/aromatic N) is 3. The SMILES string of the molecule is CS(=O)(=O)N1CCCc2sc(C(=O)NCCc3cccnc3)nc21. The smallest absolute Gasteiger partial charge is 0.280 e. The lowest BCUT2D eigenvalue weighted by molar-refractivity contribution is 0.0954. The standard InChI is InChI=1S/C15H18N4O3S2/c1-24(21,22)19-9-3-5-12-13(19)18-15(23-12)14(20)17-8-6-11-4-2-7-16-10-11/h2,4,7,10H,3,5-6,8-9H2,1H3,(H,17,20). The molecule has 0 aromatic carbocycles. The Hall–Kier alpha value is -2.00. The summed E-state index contributed by atoms with van der Waals surface area (Å²) in [6.45, 7) is 0.891. The highest BCUT2D eigenvalue weighted by Crippen LogP contribution is 2.33. The molecule has 24 heavy (non-hydrogen) atoms. The van der Waals surface area contributed by atoms with E-state index >= 15 is 0 Å². The second kappa shape index (κ2) is 6.86. The van der Waals surface area contributed by atoms with Gasteiger partial charge in [0, 0.05) is 25.5 Å². The van der Waals surface area contributed by atoms with E-state index in [0.29, 0.717) is 30.3 Å². The number of thiazole rings is 1. The van der Waals surface area contributed by atoms with Crippen LogP contribution in [0, 0.1) is 0 Å². The van der Waals surface area contributed by atoms with Gasteiger partial charge in [0.15, 0.2) is 10.8 Å². The van der Waals surface area contributed by atoms with Crippen LogP contribution in [0.5, 0.6) is 0 Å². The van der Waals surface area contributed by atoms with Gasteiger partial charge in [-0.2, -0.15) is 0 Å². The van der Waals surface area contributed by atoms with Crippen molar-refractivity contribution in [3.05, 3.63) is 40.0 Å². The van der Waals surface area contributed by atoms with Crippen LogP contribution in [-0.2, 0) is 22.9 Å². The van der Waals surface area contributed by atoms with Crippen LogP contribution in [0.2, 0.25) is 0 Å². The third-order valence-electron chi connectivity index (χ3n) is 3.69. The molecular formula is C15H18N4O3S2. The van der Waals surface area contributed by atoms with Crippen LogP contribution in [-0.4, -0.2) is 43.6 Å². The fourth-order valence-electron chi connectivity index (χ4n) is 2.55. The predicted octanol–water partition coefficient (Wildman–Crippen LogP) is 1.22. The molecule has 1 aliphatic heterocycles. The minimum Gasteiger partial charge on any atom is -0.350 e. The number of fused-ring (bicyclic) bond motifs is 1. The number of rotatable bonds is 5. The number of hydrogen-bond acceptors (Lipinski definition) is 6. The molecule has 0 aliphatic carbocycles. The zero-order chi connectivity index (χ0) is 17.2. The van der Waals surface area contributed by atoms with Crippen LogP contribution in [0.15, 0.2) is 24.5 Å². The lowest BCUT2D eigenvalue weighted by atomic mass is 10.2. The summed E-state index contributed by atoms with van der Waals surface area (Å²) in [7, 11) is -3.37. The summed E-state index contributed by atoms with van der Waals surface area (Å²) >= 11 is 1.27. The van der Waals surface area contributed by atoms with Crippen molar-refractivity contribution in [2.24, 2.45) is 0 Å². The predicted molar refractivity (Wildman–Crippen MR) is 92.9 cm³/mol. The number of pyridine rings is 1. The summed E-state index contributed by atoms with van der Waals surface area (Å²) in [5.74, 6) is 0.137. The molecule has 1 aliphatic rings. The summed E-state index contributed by atoms with van der Waals surface area (Å²) < 4.78 is 25.0. The van der Waals surface area contributed by atoms with Gasteiger partial charge in [-0.15, -0.1) is 11.3 Å². The average molecular weight is 366 g/mol. The number of nitrogens with one attached hydrogen (secondary N) is 1. The topological polar surface area (TPSA) is 92.3 Å². The number of carbonyl (C=O) groups excluding carboxylic acids is 1. The molecule has 0 unspecified atom stereocenters. The van der Waals surface area contributed by atoms with Gasteiger partial charge in [-0.05, 0) is 30.9 Å². The van der Waals surface area contributed by atoms with Crippen molar-refractivity contribution in [1.29, 1.82) is 0 Å². The van der Waals surface area contributed by atoms with E-state index < -0.39 is 10.0 Å². The molecule has 0 radical (unpaired) electrons. The Balaban J connectivity index is 1.67. The second-order valence-electron chi connectivity index (χ2n) is 5.57. The van der Waals surface area contributed by atoms with Crippen LogP contribution >= 0.6 is 11.3 Å². The molecule has 3 rings (SSSR count). The van der Waals surface area contributed by atoms with E-state index in [1.807, 2.05) is 12.1 Å². The van der Waals surface area contributed by atoms with Gasteiger partial charge in [-0.25, -0.2) is 13.4 Å². The van der Waals surface area contributed by atoms with Crippen LogP contribution in [0.3, 0.4) is 0 Å². The van der Waals surface area contributed by atoms with E-state index in [0.717, 1.165) is 29.5 Å². The number of amides is 1. The van der Waals surface area contributed by atoms with Gasteiger partial charge in [-0.3, -0.25) is 14.1 Å². The molecule has 0 saturated carbocycles. The molecule has 128 valence electrons. The molecule has 2 aromatic rings. The number of carbonyl (C=O) groups is 1. The van der Waals surface area contributed by atoms with Crippen LogP contribution in [0.1, 0.15) is 26.7 Å². The number of anilines is 1. The van der Waals surface area contributed by atoms with Gasteiger partial charge in [0.1, 0.15) is 0 Å². The zero-order valence-electron chi connectivity index (χ0n) is 13.2. The largest absolute Gasteiger partial charge is 0.350 e. The maximum Gasteiger partial charge on any atom is 0.280 e. The van der Waals surface area contributed by atoms with Gasteiger partial charge < -0.3 is 5.32 Å². The number of aryl methyl sites for hydroxylation is 1. The minimum atomic E-state index is -3.37. The fraction of sp³-hybridized carbons (Fsp3) is 0.400. The first-order chi connectivity index (χ1) is 11.4. The van der Waals surface area contributed by atoms with Crippen molar-refractivity contribution in [1.82, 2.24) is 15.3 Å². The number of sulfonamides is 1. The quantitative estimate of drug-likeness (QED) is 0.859. The Morgan fingerprint density at radius 3 is 3.00 bits per heavy atom. The van der Waals surface area contributed by atoms with Gasteiger partial charge in [-0.1, -0.05) is 6.07 Å². The Morgan fingerprint density at radius 2 is 2.29 bits per heavy atom. The Morgan fingerprint density at radius 1 is 1.46 bits per heavy atom. The van der Waals surface area contributed by atoms with Gasteiger partial charge in [0.05, 0.1) is 11.1 Å². The van der Waals surface area contributed by atoms with E-state index in [1.54, 1.807) is 12.4 Å². The first-order valence-electron chi connectivity index (χ1n) is 7.59. The molecule has 0 saturated heterocycles. The maximum atomic E-state index is 12.3. The first kappa shape index (κ1) is 16.8. The Bertz CT molecular complexity index is 834. The second-order valence-corrected chi connectivity index (χ2v) is 8.56. The molecule has 1 amide bonds. The van der Waals surface area contributed by atoms with Crippen molar-refractivity contribution >= 4 is 33.1 Å². The van der Waals surface area contributed by atoms with Crippen LogP contribution in [0.25, 0.3) is 0 Å². The highest BCUT2D eigenvalue weighted by molar-refractivity contribution is 7.92. The van der Waals surface area contributed by atoms with Gasteiger partial charge in [0.25, 0.3) is 5.91 Å². The van der Waals surface area contributed by atoms with Gasteiger partial charge >= 0.3 is 0 Å². The van der Waals surface area contributed by atoms with E-state index in [9.17, 15) is 13.2 Å². The highest BCUT2D eigenvalue weighted by Gasteiger charge is 2.29. The first-order valence-corrected chi connectivity index (χ1v) is 10.3. The summed E-state index contributed by atoms with van der Waals surface area (Å²) in [6.07, 6.45) is 6.80. The molecule has 9 heteroatoms. The summed E-state index contributed by atoms with van der Waals surface area (Å²) in [4.78, 5) is 21.4. The van der Waals surface area contributed by atoms with Crippen molar-refractivity contribution in [2.75, 3.05) is 23.7 Å². The molecule has 0 spiro atoms. The van der Waals surface area contributed by atoms with E-state index in [2.05, 4.69) is 15.3 Å². The highest BCUT2D eigenvalue weighted by atomic mass is 32.2. The molecule has 7 nitrogen and oxygen atoms in total. The number of aromatic nitrogens is 2. The molecule has 3 heterocycles. The van der Waals surface area contributed by atoms with Crippen LogP contribution < -0.4 is 9.62 Å². The van der Waals surface area contributed by atoms with Crippen molar-refractivity contribution in [3.63, 3.8) is 0 Å². The zero-order valence-corrected chi connectivity index (χ0v) is 14.9. The Kier molecular flexibility index (Phi) is 4.81. The fourth-order valence-corrected chi connectivity index (χ4v) is 4.56. The Labute approximate surface area is 144 Å². The van der Waals surface area contributed by atoms with Crippen LogP contribution in [0.4, 0.5) is 5.82 Å². The lowest BCUT2D eigenvalue weighted by Crippen LogP contribution is -2.34. The molecule has 0 fully saturated rings. The lowest BCUT2D eigenvalue weighted by Gasteiger charge is -2.24. The summed E-state index contributed by atoms with van der Waals surface area (Å²) in [6, 6.07) is 3.80. The summed E-state index contributed by atoms with van der Waals surface area (Å²) in [5, 5.41) is 3.13. The van der Waals surface area contributed by atoms with E-state index in [-0.39, 0.29) is 5.91 Å². The molecular weight excluding hydrogens is 348 g/mol. The monoisotopic (exact) mass is 366 g/mol. The number of hydrogen-bond donors (Lipinski definition) is 1. The third kappa shape index (κ3) is 3.73. The van der Waals surface area contributed by atoms with E-state index in [4.69, 9.17) is 0 Å². The normalized spacial score (nSPS) is 14.3. The molecule has 0 bridgehead atoms. The van der Waals surface area contributed by atoms with Crippen molar-refractivity contribution < 1.29 is 13.2 Å². The van der Waals surface area contributed by atoms with Crippen molar-refractivity contribution in [2.45, 2.75) is 19.3 Å². The molecule has 2 aromatic heterocycles. The van der Waals surface area contributed by atoms with Gasteiger partial charge in [0.2, 0.25) is 10.0 Å². The molecule has 1 N–H and O–H groups in total. The molecule has 0 atom stereocenters. The third-order valence-corrected chi connectivity index (χ3v) is 5.95. The summed E-state index contributed by atoms with van der Waals surface area (Å²) in [5.41, 5.74) is 1.04. The van der Waals surface area contributed by atoms with Crippen molar-refractivity contribution in [3.8, 4) is 0 Å². The average Bonchev–Trinajstić information content (AvgIpc) is 2.99. The minimum absolute atomic E-state index is 0.272. The van der Waals surface area contributed by atoms with E-state index in [1.165, 1.54) is 15.6 Å².